The van der Waals surface area contributed by atoms with Crippen molar-refractivity contribution in [3.63, 3.8) is 0 Å². The summed E-state index contributed by atoms with van der Waals surface area (Å²) < 4.78 is 38.3. The lowest BCUT2D eigenvalue weighted by Gasteiger charge is -2.23. The summed E-state index contributed by atoms with van der Waals surface area (Å²) in [6.07, 6.45) is -4.56. The average Bonchev–Trinajstić information content (AvgIpc) is 2.62. The third-order valence-electron chi connectivity index (χ3n) is 3.42. The SMILES string of the molecule is CC(=O)CN1C(=O)NC(C)(c2cccc(C(F)(F)F)c2)C1=O. The highest BCUT2D eigenvalue weighted by atomic mass is 19.4. The van der Waals surface area contributed by atoms with E-state index in [1.165, 1.54) is 19.9 Å². The molecule has 5 nitrogen and oxygen atoms in total. The summed E-state index contributed by atoms with van der Waals surface area (Å²) in [5.41, 5.74) is -2.54. The lowest BCUT2D eigenvalue weighted by atomic mass is 9.90. The van der Waals surface area contributed by atoms with Gasteiger partial charge < -0.3 is 5.32 Å². The van der Waals surface area contributed by atoms with Crippen molar-refractivity contribution >= 4 is 17.7 Å². The quantitative estimate of drug-likeness (QED) is 0.869. The number of urea groups is 1. The van der Waals surface area contributed by atoms with E-state index in [2.05, 4.69) is 5.32 Å². The summed E-state index contributed by atoms with van der Waals surface area (Å²) in [7, 11) is 0. The Balaban J connectivity index is 2.42. The van der Waals surface area contributed by atoms with Gasteiger partial charge in [0.1, 0.15) is 11.3 Å². The van der Waals surface area contributed by atoms with Gasteiger partial charge in [0.05, 0.1) is 12.1 Å². The molecule has 1 heterocycles. The van der Waals surface area contributed by atoms with Crippen LogP contribution in [0.15, 0.2) is 24.3 Å². The first-order chi connectivity index (χ1) is 10.1. The summed E-state index contributed by atoms with van der Waals surface area (Å²) in [6, 6.07) is 3.37. The molecule has 1 aromatic carbocycles. The number of hydrogen-bond donors (Lipinski definition) is 1. The van der Waals surface area contributed by atoms with E-state index >= 15 is 0 Å². The first-order valence-corrected chi connectivity index (χ1v) is 6.37. The van der Waals surface area contributed by atoms with E-state index < -0.39 is 41.5 Å². The molecule has 1 fully saturated rings. The number of carbonyl (C=O) groups excluding carboxylic acids is 3. The summed E-state index contributed by atoms with van der Waals surface area (Å²) >= 11 is 0. The van der Waals surface area contributed by atoms with Crippen molar-refractivity contribution in [1.29, 1.82) is 0 Å². The fraction of sp³-hybridized carbons (Fsp3) is 0.357. The van der Waals surface area contributed by atoms with Crippen molar-refractivity contribution in [2.45, 2.75) is 25.6 Å². The number of Topliss-reactive ketones (excluding diaryl/α,β-unsaturated/α-hetero) is 1. The molecular formula is C14H13F3N2O3. The number of halogens is 3. The second kappa shape index (κ2) is 5.11. The topological polar surface area (TPSA) is 66.5 Å². The Labute approximate surface area is 124 Å². The van der Waals surface area contributed by atoms with Crippen LogP contribution in [0.4, 0.5) is 18.0 Å². The van der Waals surface area contributed by atoms with Crippen LogP contribution in [0, 0.1) is 0 Å². The minimum absolute atomic E-state index is 0.00623. The van der Waals surface area contributed by atoms with Crippen molar-refractivity contribution in [2.75, 3.05) is 6.54 Å². The van der Waals surface area contributed by atoms with E-state index in [0.717, 1.165) is 18.2 Å². The molecular weight excluding hydrogens is 301 g/mol. The predicted molar refractivity (Wildman–Crippen MR) is 69.7 cm³/mol. The zero-order valence-corrected chi connectivity index (χ0v) is 11.8. The molecule has 0 aliphatic carbocycles. The van der Waals surface area contributed by atoms with E-state index in [9.17, 15) is 27.6 Å². The lowest BCUT2D eigenvalue weighted by Crippen LogP contribution is -2.41. The molecule has 118 valence electrons. The fourth-order valence-electron chi connectivity index (χ4n) is 2.27. The Morgan fingerprint density at radius 2 is 1.95 bits per heavy atom. The van der Waals surface area contributed by atoms with Gasteiger partial charge in [-0.2, -0.15) is 13.2 Å². The highest BCUT2D eigenvalue weighted by Gasteiger charge is 2.49. The standard InChI is InChI=1S/C14H13F3N2O3/c1-8(20)7-19-11(21)13(2,18-12(19)22)9-4-3-5-10(6-9)14(15,16)17/h3-6H,7H2,1-2H3,(H,18,22). The molecule has 8 heteroatoms. The number of imide groups is 1. The molecule has 0 spiro atoms. The molecule has 3 amide bonds. The number of nitrogens with zero attached hydrogens (tertiary/aromatic N) is 1. The van der Waals surface area contributed by atoms with Crippen molar-refractivity contribution in [3.05, 3.63) is 35.4 Å². The first kappa shape index (κ1) is 16.0. The van der Waals surface area contributed by atoms with Gasteiger partial charge in [-0.3, -0.25) is 14.5 Å². The third-order valence-corrected chi connectivity index (χ3v) is 3.42. The molecule has 1 aromatic rings. The van der Waals surface area contributed by atoms with Crippen LogP contribution in [0.5, 0.6) is 0 Å². The maximum Gasteiger partial charge on any atom is 0.416 e. The molecule has 0 aromatic heterocycles. The van der Waals surface area contributed by atoms with Gasteiger partial charge in [0, 0.05) is 0 Å². The van der Waals surface area contributed by atoms with Crippen LogP contribution in [0.3, 0.4) is 0 Å². The number of rotatable bonds is 3. The van der Waals surface area contributed by atoms with Crippen LogP contribution in [0.25, 0.3) is 0 Å². The monoisotopic (exact) mass is 314 g/mol. The van der Waals surface area contributed by atoms with Crippen LogP contribution in [-0.2, 0) is 21.3 Å². The van der Waals surface area contributed by atoms with E-state index in [1.807, 2.05) is 0 Å². The summed E-state index contributed by atoms with van der Waals surface area (Å²) in [5, 5.41) is 2.35. The molecule has 1 unspecified atom stereocenters. The minimum atomic E-state index is -4.56. The van der Waals surface area contributed by atoms with E-state index in [4.69, 9.17) is 0 Å². The largest absolute Gasteiger partial charge is 0.416 e. The predicted octanol–water partition coefficient (Wildman–Crippen LogP) is 2.06. The zero-order valence-electron chi connectivity index (χ0n) is 11.8. The number of ketones is 1. The van der Waals surface area contributed by atoms with E-state index in [-0.39, 0.29) is 5.56 Å². The second-order valence-electron chi connectivity index (χ2n) is 5.23. The van der Waals surface area contributed by atoms with Crippen LogP contribution < -0.4 is 5.32 Å². The first-order valence-electron chi connectivity index (χ1n) is 6.37. The Bertz CT molecular complexity index is 657. The second-order valence-corrected chi connectivity index (χ2v) is 5.23. The third kappa shape index (κ3) is 2.68. The molecule has 1 saturated heterocycles. The summed E-state index contributed by atoms with van der Waals surface area (Å²) in [5.74, 6) is -1.16. The number of hydrogen-bond acceptors (Lipinski definition) is 3. The Kier molecular flexibility index (Phi) is 3.72. The molecule has 1 N–H and O–H groups in total. The maximum absolute atomic E-state index is 12.8. The maximum atomic E-state index is 12.8. The smallest absolute Gasteiger partial charge is 0.319 e. The van der Waals surface area contributed by atoms with Gasteiger partial charge in [-0.25, -0.2) is 4.79 Å². The normalized spacial score (nSPS) is 22.0. The molecule has 2 rings (SSSR count). The van der Waals surface area contributed by atoms with Crippen molar-refractivity contribution < 1.29 is 27.6 Å². The Morgan fingerprint density at radius 1 is 1.32 bits per heavy atom. The number of amides is 3. The number of alkyl halides is 3. The number of carbonyl (C=O) groups is 3. The van der Waals surface area contributed by atoms with Gasteiger partial charge >= 0.3 is 12.2 Å². The van der Waals surface area contributed by atoms with Gasteiger partial charge in [0.25, 0.3) is 5.91 Å². The zero-order chi connectivity index (χ0) is 16.7. The van der Waals surface area contributed by atoms with Crippen molar-refractivity contribution in [3.8, 4) is 0 Å². The van der Waals surface area contributed by atoms with E-state index in [0.29, 0.717) is 4.90 Å². The molecule has 0 radical (unpaired) electrons. The molecule has 1 atom stereocenters. The highest BCUT2D eigenvalue weighted by Crippen LogP contribution is 2.34. The van der Waals surface area contributed by atoms with Gasteiger partial charge in [-0.1, -0.05) is 12.1 Å². The van der Waals surface area contributed by atoms with Gasteiger partial charge in [-0.15, -0.1) is 0 Å². The Morgan fingerprint density at radius 3 is 2.50 bits per heavy atom. The summed E-state index contributed by atoms with van der Waals surface area (Å²) in [4.78, 5) is 36.0. The minimum Gasteiger partial charge on any atom is -0.319 e. The summed E-state index contributed by atoms with van der Waals surface area (Å²) in [6.45, 7) is 2.10. The van der Waals surface area contributed by atoms with Crippen LogP contribution in [0.1, 0.15) is 25.0 Å². The van der Waals surface area contributed by atoms with Crippen molar-refractivity contribution in [1.82, 2.24) is 10.2 Å². The van der Waals surface area contributed by atoms with Crippen LogP contribution >= 0.6 is 0 Å². The average molecular weight is 314 g/mol. The van der Waals surface area contributed by atoms with Gasteiger partial charge in [0.15, 0.2) is 0 Å². The lowest BCUT2D eigenvalue weighted by molar-refractivity contribution is -0.138. The van der Waals surface area contributed by atoms with E-state index in [1.54, 1.807) is 0 Å². The highest BCUT2D eigenvalue weighted by molar-refractivity contribution is 6.09. The molecule has 1 aliphatic heterocycles. The molecule has 0 saturated carbocycles. The van der Waals surface area contributed by atoms with Crippen LogP contribution in [-0.4, -0.2) is 29.2 Å². The molecule has 22 heavy (non-hydrogen) atoms. The van der Waals surface area contributed by atoms with Crippen molar-refractivity contribution in [2.24, 2.45) is 0 Å². The van der Waals surface area contributed by atoms with Crippen LogP contribution in [0.2, 0.25) is 0 Å². The fourth-order valence-corrected chi connectivity index (χ4v) is 2.27. The van der Waals surface area contributed by atoms with Gasteiger partial charge in [0.2, 0.25) is 0 Å². The molecule has 1 aliphatic rings. The Hall–Kier alpha value is -2.38. The number of benzene rings is 1. The molecule has 0 bridgehead atoms. The van der Waals surface area contributed by atoms with Gasteiger partial charge in [-0.05, 0) is 31.5 Å². The number of nitrogens with one attached hydrogen (secondary N) is 1.